The van der Waals surface area contributed by atoms with Crippen LogP contribution in [0.3, 0.4) is 0 Å². The zero-order chi connectivity index (χ0) is 44.8. The van der Waals surface area contributed by atoms with Gasteiger partial charge in [0.2, 0.25) is 0 Å². The van der Waals surface area contributed by atoms with Crippen molar-refractivity contribution >= 4 is 23.9 Å². The summed E-state index contributed by atoms with van der Waals surface area (Å²) < 4.78 is 28.2. The number of esters is 3. The van der Waals surface area contributed by atoms with Crippen molar-refractivity contribution in [2.75, 3.05) is 13.2 Å². The minimum atomic E-state index is -1.89. The summed E-state index contributed by atoms with van der Waals surface area (Å²) in [6.07, 6.45) is 26.5. The predicted octanol–water partition coefficient (Wildman–Crippen LogP) is 11.0. The summed E-state index contributed by atoms with van der Waals surface area (Å²) >= 11 is 0. The number of carboxylic acid groups (broad SMARTS) is 1. The van der Waals surface area contributed by atoms with Gasteiger partial charge < -0.3 is 39.0 Å². The zero-order valence-electron chi connectivity index (χ0n) is 38.7. The Morgan fingerprint density at radius 1 is 0.525 bits per heavy atom. The van der Waals surface area contributed by atoms with Gasteiger partial charge in [-0.05, 0) is 38.5 Å². The number of rotatable bonds is 41. The maximum absolute atomic E-state index is 13.0. The summed E-state index contributed by atoms with van der Waals surface area (Å²) in [6, 6.07) is 0. The highest BCUT2D eigenvalue weighted by Gasteiger charge is 2.50. The molecule has 0 spiro atoms. The number of hydrogen-bond acceptors (Lipinski definition) is 11. The molecule has 0 aromatic heterocycles. The van der Waals surface area contributed by atoms with E-state index < -0.39 is 67.3 Å². The number of allylic oxidation sites excluding steroid dienone is 2. The monoisotopic (exact) mass is 869 g/mol. The Morgan fingerprint density at radius 2 is 0.951 bits per heavy atom. The second-order valence-corrected chi connectivity index (χ2v) is 17.1. The minimum absolute atomic E-state index is 0.0664. The van der Waals surface area contributed by atoms with Crippen LogP contribution in [0.25, 0.3) is 0 Å². The molecule has 1 rings (SSSR count). The van der Waals surface area contributed by atoms with Crippen molar-refractivity contribution in [1.82, 2.24) is 0 Å². The van der Waals surface area contributed by atoms with Gasteiger partial charge in [0.1, 0.15) is 18.8 Å². The topological polar surface area (TPSA) is 175 Å². The van der Waals surface area contributed by atoms with E-state index >= 15 is 0 Å². The molecule has 0 radical (unpaired) electrons. The number of unbranched alkanes of at least 4 members (excludes halogenated alkanes) is 25. The average Bonchev–Trinajstić information content (AvgIpc) is 3.24. The van der Waals surface area contributed by atoms with Gasteiger partial charge in [0.05, 0.1) is 6.61 Å². The summed E-state index contributed by atoms with van der Waals surface area (Å²) in [7, 11) is 0. The van der Waals surface area contributed by atoms with Gasteiger partial charge in [-0.2, -0.15) is 0 Å². The lowest BCUT2D eigenvalue weighted by molar-refractivity contribution is -0.301. The average molecular weight is 869 g/mol. The fourth-order valence-electron chi connectivity index (χ4n) is 7.47. The molecule has 1 aliphatic heterocycles. The van der Waals surface area contributed by atoms with Crippen LogP contribution in [0.4, 0.5) is 0 Å². The van der Waals surface area contributed by atoms with Crippen LogP contribution in [0.2, 0.25) is 0 Å². The predicted molar refractivity (Wildman–Crippen MR) is 239 cm³/mol. The van der Waals surface area contributed by atoms with Gasteiger partial charge in [-0.25, -0.2) is 4.79 Å². The maximum Gasteiger partial charge on any atom is 0.335 e. The van der Waals surface area contributed by atoms with Gasteiger partial charge in [0, 0.05) is 19.3 Å². The second kappa shape index (κ2) is 39.1. The first-order chi connectivity index (χ1) is 29.6. The molecule has 0 saturated carbocycles. The summed E-state index contributed by atoms with van der Waals surface area (Å²) in [4.78, 5) is 50.5. The van der Waals surface area contributed by atoms with Crippen molar-refractivity contribution < 1.29 is 58.2 Å². The van der Waals surface area contributed by atoms with Crippen LogP contribution in [0.5, 0.6) is 0 Å². The number of ether oxygens (including phenoxy) is 5. The first-order valence-electron chi connectivity index (χ1n) is 24.7. The van der Waals surface area contributed by atoms with Crippen LogP contribution in [0.15, 0.2) is 12.2 Å². The van der Waals surface area contributed by atoms with Gasteiger partial charge in [-0.3, -0.25) is 14.4 Å². The van der Waals surface area contributed by atoms with E-state index in [1.54, 1.807) is 0 Å². The molecule has 1 saturated heterocycles. The third-order valence-electron chi connectivity index (χ3n) is 11.3. The van der Waals surface area contributed by atoms with Gasteiger partial charge in [0.15, 0.2) is 24.6 Å². The highest BCUT2D eigenvalue weighted by molar-refractivity contribution is 5.74. The minimum Gasteiger partial charge on any atom is -0.479 e. The highest BCUT2D eigenvalue weighted by Crippen LogP contribution is 2.26. The van der Waals surface area contributed by atoms with E-state index in [2.05, 4.69) is 32.9 Å². The van der Waals surface area contributed by atoms with Crippen molar-refractivity contribution in [3.8, 4) is 0 Å². The number of carbonyl (C=O) groups excluding carboxylic acids is 3. The lowest BCUT2D eigenvalue weighted by Crippen LogP contribution is -2.61. The summed E-state index contributed by atoms with van der Waals surface area (Å²) in [5.74, 6) is -3.11. The molecule has 6 atom stereocenters. The third kappa shape index (κ3) is 30.2. The molecule has 6 unspecified atom stereocenters. The van der Waals surface area contributed by atoms with Gasteiger partial charge in [-0.15, -0.1) is 0 Å². The second-order valence-electron chi connectivity index (χ2n) is 17.1. The molecule has 1 fully saturated rings. The fourth-order valence-corrected chi connectivity index (χ4v) is 7.47. The first kappa shape index (κ1) is 56.5. The van der Waals surface area contributed by atoms with Crippen molar-refractivity contribution in [1.29, 1.82) is 0 Å². The van der Waals surface area contributed by atoms with E-state index in [0.29, 0.717) is 19.3 Å². The van der Waals surface area contributed by atoms with E-state index in [4.69, 9.17) is 23.7 Å². The Labute approximate surface area is 369 Å². The molecule has 356 valence electrons. The zero-order valence-corrected chi connectivity index (χ0v) is 38.7. The molecular formula is C49H88O12. The Kier molecular flexibility index (Phi) is 36.2. The molecule has 0 aliphatic carbocycles. The van der Waals surface area contributed by atoms with Crippen molar-refractivity contribution in [3.05, 3.63) is 12.2 Å². The van der Waals surface area contributed by atoms with Crippen LogP contribution in [-0.4, -0.2) is 89.2 Å². The number of carbonyl (C=O) groups is 4. The quantitative estimate of drug-likeness (QED) is 0.0230. The smallest absolute Gasteiger partial charge is 0.335 e. The van der Waals surface area contributed by atoms with Crippen LogP contribution in [0, 0.1) is 0 Å². The fraction of sp³-hybridized carbons (Fsp3) is 0.878. The molecule has 3 N–H and O–H groups in total. The van der Waals surface area contributed by atoms with Gasteiger partial charge in [-0.1, -0.05) is 181 Å². The Hall–Kier alpha value is -2.54. The highest BCUT2D eigenvalue weighted by atomic mass is 16.7. The molecule has 1 heterocycles. The van der Waals surface area contributed by atoms with E-state index in [9.17, 15) is 34.5 Å². The Morgan fingerprint density at radius 3 is 1.44 bits per heavy atom. The van der Waals surface area contributed by atoms with Crippen molar-refractivity contribution in [3.63, 3.8) is 0 Å². The molecule has 12 nitrogen and oxygen atoms in total. The summed E-state index contributed by atoms with van der Waals surface area (Å²) in [5.41, 5.74) is 0. The first-order valence-corrected chi connectivity index (χ1v) is 24.7. The molecule has 61 heavy (non-hydrogen) atoms. The number of carboxylic acids is 1. The standard InChI is InChI=1S/C49H88O12/c1-4-7-10-13-16-19-21-24-26-29-32-35-41(50)57-38-40(59-42(51)36-33-30-27-23-18-15-12-9-6-3)39-58-49-47(45(54)44(53)46(61-49)48(55)56)60-43(52)37-34-31-28-25-22-20-17-14-11-8-5-2/h13,16,40,44-47,49,53-54H,4-12,14-15,17-39H2,1-3H3,(H,55,56)/b16-13-. The van der Waals surface area contributed by atoms with Crippen LogP contribution in [-0.2, 0) is 42.9 Å². The van der Waals surface area contributed by atoms with E-state index in [1.807, 2.05) is 0 Å². The number of aliphatic carboxylic acids is 1. The van der Waals surface area contributed by atoms with E-state index in [0.717, 1.165) is 83.5 Å². The summed E-state index contributed by atoms with van der Waals surface area (Å²) in [6.45, 7) is 5.88. The van der Waals surface area contributed by atoms with Crippen LogP contribution >= 0.6 is 0 Å². The molecule has 0 amide bonds. The number of aliphatic hydroxyl groups is 2. The van der Waals surface area contributed by atoms with E-state index in [1.165, 1.54) is 83.5 Å². The van der Waals surface area contributed by atoms with E-state index in [-0.39, 0.29) is 25.9 Å². The molecule has 0 aromatic rings. The van der Waals surface area contributed by atoms with Crippen LogP contribution < -0.4 is 0 Å². The molecule has 1 aliphatic rings. The summed E-state index contributed by atoms with van der Waals surface area (Å²) in [5, 5.41) is 31.2. The van der Waals surface area contributed by atoms with Crippen molar-refractivity contribution in [2.45, 2.75) is 263 Å². The molecule has 12 heteroatoms. The SMILES string of the molecule is CCCC/C=C\CCCCCCCC(=O)OCC(COC1OC(C(=O)O)C(O)C(O)C1OC(=O)CCCCCCCCCCCCC)OC(=O)CCCCCCCCCCC. The van der Waals surface area contributed by atoms with Gasteiger partial charge in [0.25, 0.3) is 0 Å². The van der Waals surface area contributed by atoms with Gasteiger partial charge >= 0.3 is 23.9 Å². The molecule has 0 aromatic carbocycles. The molecular weight excluding hydrogens is 781 g/mol. The molecule has 0 bridgehead atoms. The van der Waals surface area contributed by atoms with Crippen molar-refractivity contribution in [2.24, 2.45) is 0 Å². The maximum atomic E-state index is 13.0. The van der Waals surface area contributed by atoms with Crippen LogP contribution in [0.1, 0.15) is 226 Å². The Balaban J connectivity index is 2.75. The third-order valence-corrected chi connectivity index (χ3v) is 11.3. The largest absolute Gasteiger partial charge is 0.479 e. The number of hydrogen-bond donors (Lipinski definition) is 3. The lowest BCUT2D eigenvalue weighted by Gasteiger charge is -2.40. The Bertz CT molecular complexity index is 1130. The lowest BCUT2D eigenvalue weighted by atomic mass is 9.98. The normalized spacial score (nSPS) is 19.5. The number of aliphatic hydroxyl groups excluding tert-OH is 2.